The van der Waals surface area contributed by atoms with E-state index in [1.807, 2.05) is 0 Å². The second-order valence-corrected chi connectivity index (χ2v) is 4.30. The van der Waals surface area contributed by atoms with Gasteiger partial charge in [0.1, 0.15) is 5.69 Å². The van der Waals surface area contributed by atoms with Crippen LogP contribution in [0.3, 0.4) is 0 Å². The maximum absolute atomic E-state index is 12.4. The number of nitrogens with two attached hydrogens (primary N) is 1. The standard InChI is InChI=1S/C14H14N4O3/c1-18(14(20)10-6-4-8-12(19)16-10)11-7-3-2-5-9(11)13(15)17-21/h2-8,21H,1H3,(H2,15,17)(H,16,19). The molecule has 0 atom stereocenters. The van der Waals surface area contributed by atoms with Crippen molar-refractivity contribution in [3.63, 3.8) is 0 Å². The minimum absolute atomic E-state index is 0.105. The van der Waals surface area contributed by atoms with Crippen LogP contribution in [-0.4, -0.2) is 29.0 Å². The molecule has 0 aliphatic rings. The molecule has 108 valence electrons. The number of para-hydroxylation sites is 1. The Balaban J connectivity index is 2.43. The number of pyridine rings is 1. The average molecular weight is 286 g/mol. The molecule has 1 aromatic carbocycles. The van der Waals surface area contributed by atoms with Crippen LogP contribution >= 0.6 is 0 Å². The van der Waals surface area contributed by atoms with E-state index in [1.54, 1.807) is 24.3 Å². The molecule has 0 radical (unpaired) electrons. The summed E-state index contributed by atoms with van der Waals surface area (Å²) in [5.41, 5.74) is 6.26. The molecule has 1 amide bonds. The van der Waals surface area contributed by atoms with Crippen molar-refractivity contribution in [2.45, 2.75) is 0 Å². The Hall–Kier alpha value is -3.09. The Kier molecular flexibility index (Phi) is 4.03. The summed E-state index contributed by atoms with van der Waals surface area (Å²) >= 11 is 0. The van der Waals surface area contributed by atoms with Gasteiger partial charge in [0.15, 0.2) is 5.84 Å². The first-order valence-electron chi connectivity index (χ1n) is 6.09. The number of nitrogens with zero attached hydrogens (tertiary/aromatic N) is 2. The van der Waals surface area contributed by atoms with Gasteiger partial charge in [-0.15, -0.1) is 0 Å². The van der Waals surface area contributed by atoms with Gasteiger partial charge in [-0.2, -0.15) is 0 Å². The average Bonchev–Trinajstić information content (AvgIpc) is 2.52. The number of nitrogens with one attached hydrogen (secondary N) is 1. The van der Waals surface area contributed by atoms with Crippen molar-refractivity contribution in [2.24, 2.45) is 10.9 Å². The van der Waals surface area contributed by atoms with E-state index >= 15 is 0 Å². The number of amides is 1. The molecule has 0 unspecified atom stereocenters. The molecule has 1 heterocycles. The molecule has 0 fully saturated rings. The number of hydrogen-bond acceptors (Lipinski definition) is 4. The molecule has 0 spiro atoms. The second kappa shape index (κ2) is 5.91. The molecule has 21 heavy (non-hydrogen) atoms. The molecule has 2 rings (SSSR count). The van der Waals surface area contributed by atoms with Crippen LogP contribution in [0.5, 0.6) is 0 Å². The van der Waals surface area contributed by atoms with Gasteiger partial charge in [0.25, 0.3) is 5.91 Å². The van der Waals surface area contributed by atoms with Gasteiger partial charge in [-0.05, 0) is 18.2 Å². The van der Waals surface area contributed by atoms with Crippen molar-refractivity contribution < 1.29 is 10.0 Å². The first-order valence-corrected chi connectivity index (χ1v) is 6.09. The zero-order chi connectivity index (χ0) is 15.4. The van der Waals surface area contributed by atoms with Crippen LogP contribution < -0.4 is 16.2 Å². The maximum Gasteiger partial charge on any atom is 0.274 e. The molecule has 0 bridgehead atoms. The summed E-state index contributed by atoms with van der Waals surface area (Å²) in [6, 6.07) is 11.0. The van der Waals surface area contributed by atoms with Gasteiger partial charge in [0, 0.05) is 18.7 Å². The molecule has 7 heteroatoms. The Morgan fingerprint density at radius 1 is 1.24 bits per heavy atom. The summed E-state index contributed by atoms with van der Waals surface area (Å²) in [7, 11) is 1.54. The fourth-order valence-electron chi connectivity index (χ4n) is 1.90. The van der Waals surface area contributed by atoms with Crippen LogP contribution in [0.15, 0.2) is 52.4 Å². The Labute approximate surface area is 120 Å². The predicted octanol–water partition coefficient (Wildman–Crippen LogP) is 0.746. The number of benzene rings is 1. The van der Waals surface area contributed by atoms with Gasteiger partial charge in [-0.1, -0.05) is 23.4 Å². The Bertz CT molecular complexity index is 752. The van der Waals surface area contributed by atoms with Crippen molar-refractivity contribution in [1.29, 1.82) is 0 Å². The zero-order valence-corrected chi connectivity index (χ0v) is 11.3. The number of carbonyl (C=O) groups excluding carboxylic acids is 1. The zero-order valence-electron chi connectivity index (χ0n) is 11.3. The largest absolute Gasteiger partial charge is 0.409 e. The first kappa shape index (κ1) is 14.3. The molecular weight excluding hydrogens is 272 g/mol. The summed E-state index contributed by atoms with van der Waals surface area (Å²) in [5.74, 6) is -0.516. The van der Waals surface area contributed by atoms with Crippen LogP contribution in [0.2, 0.25) is 0 Å². The van der Waals surface area contributed by atoms with Crippen LogP contribution in [0.25, 0.3) is 0 Å². The fourth-order valence-corrected chi connectivity index (χ4v) is 1.90. The lowest BCUT2D eigenvalue weighted by atomic mass is 10.1. The number of oxime groups is 1. The van der Waals surface area contributed by atoms with Crippen LogP contribution in [0.4, 0.5) is 5.69 Å². The number of H-pyrrole nitrogens is 1. The van der Waals surface area contributed by atoms with Crippen molar-refractivity contribution in [3.8, 4) is 0 Å². The molecule has 2 aromatic rings. The number of aromatic amines is 1. The second-order valence-electron chi connectivity index (χ2n) is 4.30. The lowest BCUT2D eigenvalue weighted by Crippen LogP contribution is -2.30. The topological polar surface area (TPSA) is 112 Å². The Morgan fingerprint density at radius 3 is 2.62 bits per heavy atom. The molecule has 4 N–H and O–H groups in total. The number of amidine groups is 1. The Morgan fingerprint density at radius 2 is 1.95 bits per heavy atom. The van der Waals surface area contributed by atoms with E-state index < -0.39 is 5.91 Å². The van der Waals surface area contributed by atoms with Gasteiger partial charge in [-0.3, -0.25) is 9.59 Å². The number of aromatic nitrogens is 1. The highest BCUT2D eigenvalue weighted by Gasteiger charge is 2.18. The lowest BCUT2D eigenvalue weighted by Gasteiger charge is -2.20. The molecule has 7 nitrogen and oxygen atoms in total. The van der Waals surface area contributed by atoms with Crippen LogP contribution in [-0.2, 0) is 0 Å². The van der Waals surface area contributed by atoms with E-state index in [1.165, 1.54) is 30.1 Å². The van der Waals surface area contributed by atoms with Gasteiger partial charge in [0.2, 0.25) is 5.56 Å². The normalized spacial score (nSPS) is 11.2. The molecule has 0 saturated carbocycles. The highest BCUT2D eigenvalue weighted by Crippen LogP contribution is 2.20. The van der Waals surface area contributed by atoms with Crippen molar-refractivity contribution >= 4 is 17.4 Å². The highest BCUT2D eigenvalue weighted by atomic mass is 16.4. The number of carbonyl (C=O) groups is 1. The van der Waals surface area contributed by atoms with E-state index in [0.29, 0.717) is 11.3 Å². The number of hydrogen-bond donors (Lipinski definition) is 3. The summed E-state index contributed by atoms with van der Waals surface area (Å²) in [6.45, 7) is 0. The van der Waals surface area contributed by atoms with Gasteiger partial charge in [-0.25, -0.2) is 0 Å². The monoisotopic (exact) mass is 286 g/mol. The van der Waals surface area contributed by atoms with E-state index in [4.69, 9.17) is 10.9 Å². The summed E-state index contributed by atoms with van der Waals surface area (Å²) in [4.78, 5) is 27.4. The quantitative estimate of drug-likeness (QED) is 0.334. The van der Waals surface area contributed by atoms with Gasteiger partial charge >= 0.3 is 0 Å². The number of rotatable bonds is 3. The third-order valence-corrected chi connectivity index (χ3v) is 2.95. The third kappa shape index (κ3) is 2.92. The summed E-state index contributed by atoms with van der Waals surface area (Å²) < 4.78 is 0. The van der Waals surface area contributed by atoms with Crippen molar-refractivity contribution in [3.05, 3.63) is 64.1 Å². The third-order valence-electron chi connectivity index (χ3n) is 2.95. The van der Waals surface area contributed by atoms with Crippen molar-refractivity contribution in [2.75, 3.05) is 11.9 Å². The van der Waals surface area contributed by atoms with Crippen LogP contribution in [0.1, 0.15) is 16.1 Å². The summed E-state index contributed by atoms with van der Waals surface area (Å²) in [5, 5.41) is 11.7. The van der Waals surface area contributed by atoms with E-state index in [9.17, 15) is 9.59 Å². The van der Waals surface area contributed by atoms with E-state index in [0.717, 1.165) is 0 Å². The SMILES string of the molecule is CN(C(=O)c1cccc(=O)[nH]1)c1ccccc1/C(N)=N/O. The van der Waals surface area contributed by atoms with Crippen LogP contribution in [0, 0.1) is 0 Å². The molecule has 0 aliphatic heterocycles. The molecule has 0 aliphatic carbocycles. The van der Waals surface area contributed by atoms with Crippen molar-refractivity contribution in [1.82, 2.24) is 4.98 Å². The maximum atomic E-state index is 12.4. The predicted molar refractivity (Wildman–Crippen MR) is 78.7 cm³/mol. The molecule has 0 saturated heterocycles. The minimum atomic E-state index is -0.411. The fraction of sp³-hybridized carbons (Fsp3) is 0.0714. The summed E-state index contributed by atoms with van der Waals surface area (Å²) in [6.07, 6.45) is 0. The van der Waals surface area contributed by atoms with Gasteiger partial charge in [0.05, 0.1) is 5.69 Å². The lowest BCUT2D eigenvalue weighted by molar-refractivity contribution is 0.0988. The smallest absolute Gasteiger partial charge is 0.274 e. The highest BCUT2D eigenvalue weighted by molar-refractivity contribution is 6.10. The molecular formula is C14H14N4O3. The molecule has 1 aromatic heterocycles. The van der Waals surface area contributed by atoms with Gasteiger partial charge < -0.3 is 20.8 Å². The minimum Gasteiger partial charge on any atom is -0.409 e. The number of anilines is 1. The van der Waals surface area contributed by atoms with E-state index in [-0.39, 0.29) is 17.1 Å². The first-order chi connectivity index (χ1) is 10.0. The van der Waals surface area contributed by atoms with E-state index in [2.05, 4.69) is 10.1 Å².